The van der Waals surface area contributed by atoms with E-state index < -0.39 is 0 Å². The summed E-state index contributed by atoms with van der Waals surface area (Å²) in [5.41, 5.74) is 1.34. The predicted molar refractivity (Wildman–Crippen MR) is 71.0 cm³/mol. The van der Waals surface area contributed by atoms with Crippen molar-refractivity contribution < 1.29 is 0 Å². The zero-order valence-electron chi connectivity index (χ0n) is 10.6. The molecule has 0 bridgehead atoms. The molecular formula is C15H26. The van der Waals surface area contributed by atoms with Gasteiger partial charge in [0.25, 0.3) is 0 Å². The van der Waals surface area contributed by atoms with Gasteiger partial charge in [-0.3, -0.25) is 0 Å². The molecule has 0 aromatic rings. The Morgan fingerprint density at radius 2 is 2.00 bits per heavy atom. The maximum Gasteiger partial charge on any atom is -0.0279 e. The Hall–Kier alpha value is -0.780. The Kier molecular flexibility index (Phi) is 9.26. The normalized spacial score (nSPS) is 16.1. The summed E-state index contributed by atoms with van der Waals surface area (Å²) in [6.07, 6.45) is 14.8. The number of hydrogen-bond donors (Lipinski definition) is 0. The maximum atomic E-state index is 3.76. The summed E-state index contributed by atoms with van der Waals surface area (Å²) in [6.45, 7) is 10.3. The monoisotopic (exact) mass is 206 g/mol. The van der Waals surface area contributed by atoms with E-state index in [4.69, 9.17) is 0 Å². The summed E-state index contributed by atoms with van der Waals surface area (Å²) >= 11 is 0. The standard InChI is InChI=1S/C11H18.C4H8/c1-4-7-9-11(6-3)10-8-5-2;1-4-2-3-4/h4,6-7,9H,3,5,8,10H2,1-2H3;4H,2-3H2,1H3/b7-4-,11-9+;. The number of hydrogen-bond acceptors (Lipinski definition) is 0. The van der Waals surface area contributed by atoms with E-state index in [1.54, 1.807) is 0 Å². The first-order valence-corrected chi connectivity index (χ1v) is 6.18. The third-order valence-corrected chi connectivity index (χ3v) is 2.45. The zero-order chi connectivity index (χ0) is 11.5. The third kappa shape index (κ3) is 11.1. The minimum atomic E-state index is 1.08. The minimum Gasteiger partial charge on any atom is -0.0988 e. The lowest BCUT2D eigenvalue weighted by molar-refractivity contribution is 0.798. The molecule has 0 amide bonds. The first-order chi connectivity index (χ1) is 7.24. The molecule has 1 aliphatic rings. The first kappa shape index (κ1) is 14.2. The second-order valence-corrected chi connectivity index (χ2v) is 4.26. The van der Waals surface area contributed by atoms with E-state index in [9.17, 15) is 0 Å². The molecule has 0 unspecified atom stereocenters. The highest BCUT2D eigenvalue weighted by molar-refractivity contribution is 5.21. The van der Waals surface area contributed by atoms with Crippen LogP contribution in [0.3, 0.4) is 0 Å². The molecule has 1 aliphatic carbocycles. The van der Waals surface area contributed by atoms with E-state index in [-0.39, 0.29) is 0 Å². The van der Waals surface area contributed by atoms with Crippen LogP contribution in [0.4, 0.5) is 0 Å². The third-order valence-electron chi connectivity index (χ3n) is 2.45. The molecule has 0 heteroatoms. The summed E-state index contributed by atoms with van der Waals surface area (Å²) in [6, 6.07) is 0. The Morgan fingerprint density at radius 3 is 2.33 bits per heavy atom. The first-order valence-electron chi connectivity index (χ1n) is 6.18. The second kappa shape index (κ2) is 9.76. The van der Waals surface area contributed by atoms with Gasteiger partial charge < -0.3 is 0 Å². The van der Waals surface area contributed by atoms with Crippen molar-refractivity contribution in [3.63, 3.8) is 0 Å². The van der Waals surface area contributed by atoms with Gasteiger partial charge in [-0.2, -0.15) is 0 Å². The van der Waals surface area contributed by atoms with Crippen molar-refractivity contribution in [1.82, 2.24) is 0 Å². The summed E-state index contributed by atoms with van der Waals surface area (Å²) in [5, 5.41) is 0. The molecule has 0 aliphatic heterocycles. The summed E-state index contributed by atoms with van der Waals surface area (Å²) < 4.78 is 0. The van der Waals surface area contributed by atoms with Gasteiger partial charge in [0.1, 0.15) is 0 Å². The topological polar surface area (TPSA) is 0 Å². The van der Waals surface area contributed by atoms with Crippen molar-refractivity contribution in [3.8, 4) is 0 Å². The molecule has 1 rings (SSSR count). The maximum absolute atomic E-state index is 3.76. The molecule has 1 fully saturated rings. The van der Waals surface area contributed by atoms with Gasteiger partial charge in [0.05, 0.1) is 0 Å². The fourth-order valence-electron chi connectivity index (χ4n) is 1.02. The fourth-order valence-corrected chi connectivity index (χ4v) is 1.02. The van der Waals surface area contributed by atoms with Gasteiger partial charge in [0, 0.05) is 0 Å². The van der Waals surface area contributed by atoms with Crippen LogP contribution in [0.1, 0.15) is 52.9 Å². The van der Waals surface area contributed by atoms with Crippen molar-refractivity contribution in [1.29, 1.82) is 0 Å². The molecule has 0 nitrogen and oxygen atoms in total. The van der Waals surface area contributed by atoms with Crippen molar-refractivity contribution >= 4 is 0 Å². The van der Waals surface area contributed by atoms with E-state index in [0.717, 1.165) is 12.3 Å². The van der Waals surface area contributed by atoms with Crippen LogP contribution in [0.15, 0.2) is 36.5 Å². The number of rotatable bonds is 5. The SMILES string of the molecule is C=C/C(=C\C=C/C)CCCC.CC1CC1. The van der Waals surface area contributed by atoms with Gasteiger partial charge in [0.2, 0.25) is 0 Å². The van der Waals surface area contributed by atoms with Gasteiger partial charge >= 0.3 is 0 Å². The highest BCUT2D eigenvalue weighted by Gasteiger charge is 2.12. The molecule has 0 heterocycles. The smallest absolute Gasteiger partial charge is 0.0279 e. The van der Waals surface area contributed by atoms with Gasteiger partial charge in [0.15, 0.2) is 0 Å². The highest BCUT2D eigenvalue weighted by atomic mass is 14.2. The summed E-state index contributed by atoms with van der Waals surface area (Å²) in [5.74, 6) is 1.08. The molecule has 0 radical (unpaired) electrons. The summed E-state index contributed by atoms with van der Waals surface area (Å²) in [4.78, 5) is 0. The van der Waals surface area contributed by atoms with Gasteiger partial charge in [-0.1, -0.05) is 64.0 Å². The van der Waals surface area contributed by atoms with Gasteiger partial charge in [-0.25, -0.2) is 0 Å². The average molecular weight is 206 g/mol. The molecule has 0 aromatic heterocycles. The van der Waals surface area contributed by atoms with Crippen molar-refractivity contribution in [2.24, 2.45) is 5.92 Å². The van der Waals surface area contributed by atoms with Crippen LogP contribution in [0.5, 0.6) is 0 Å². The van der Waals surface area contributed by atoms with E-state index >= 15 is 0 Å². The molecule has 0 spiro atoms. The quantitative estimate of drug-likeness (QED) is 0.537. The Morgan fingerprint density at radius 1 is 1.40 bits per heavy atom. The number of unbranched alkanes of at least 4 members (excludes halogenated alkanes) is 1. The van der Waals surface area contributed by atoms with Crippen LogP contribution in [-0.2, 0) is 0 Å². The van der Waals surface area contributed by atoms with Gasteiger partial charge in [-0.05, 0) is 31.3 Å². The van der Waals surface area contributed by atoms with Gasteiger partial charge in [-0.15, -0.1) is 0 Å². The predicted octanol–water partition coefficient (Wildman–Crippen LogP) is 5.28. The highest BCUT2D eigenvalue weighted by Crippen LogP contribution is 2.26. The van der Waals surface area contributed by atoms with Crippen LogP contribution in [0, 0.1) is 5.92 Å². The zero-order valence-corrected chi connectivity index (χ0v) is 10.6. The molecule has 15 heavy (non-hydrogen) atoms. The molecular weight excluding hydrogens is 180 g/mol. The van der Waals surface area contributed by atoms with Crippen LogP contribution in [-0.4, -0.2) is 0 Å². The second-order valence-electron chi connectivity index (χ2n) is 4.26. The lowest BCUT2D eigenvalue weighted by Crippen LogP contribution is -1.77. The minimum absolute atomic E-state index is 1.08. The van der Waals surface area contributed by atoms with Crippen LogP contribution in [0.2, 0.25) is 0 Å². The molecule has 86 valence electrons. The lowest BCUT2D eigenvalue weighted by Gasteiger charge is -1.97. The molecule has 1 saturated carbocycles. The Bertz CT molecular complexity index is 204. The van der Waals surface area contributed by atoms with Crippen LogP contribution < -0.4 is 0 Å². The van der Waals surface area contributed by atoms with E-state index in [2.05, 4.69) is 32.6 Å². The fraction of sp³-hybridized carbons (Fsp3) is 0.600. The van der Waals surface area contributed by atoms with Crippen molar-refractivity contribution in [2.45, 2.75) is 52.9 Å². The molecule has 0 saturated heterocycles. The Labute approximate surface area is 95.8 Å². The molecule has 0 aromatic carbocycles. The van der Waals surface area contributed by atoms with Crippen molar-refractivity contribution in [2.75, 3.05) is 0 Å². The van der Waals surface area contributed by atoms with Crippen LogP contribution in [0.25, 0.3) is 0 Å². The largest absolute Gasteiger partial charge is 0.0988 e. The van der Waals surface area contributed by atoms with E-state index in [1.165, 1.54) is 31.3 Å². The average Bonchev–Trinajstić information content (AvgIpc) is 3.02. The molecule has 0 atom stereocenters. The van der Waals surface area contributed by atoms with Crippen molar-refractivity contribution in [3.05, 3.63) is 36.5 Å². The summed E-state index contributed by atoms with van der Waals surface area (Å²) in [7, 11) is 0. The number of allylic oxidation sites excluding steroid dienone is 5. The Balaban J connectivity index is 0.000000401. The van der Waals surface area contributed by atoms with Crippen LogP contribution >= 0.6 is 0 Å². The van der Waals surface area contributed by atoms with E-state index in [1.807, 2.05) is 19.1 Å². The molecule has 0 N–H and O–H groups in total. The van der Waals surface area contributed by atoms with E-state index in [0.29, 0.717) is 0 Å². The lowest BCUT2D eigenvalue weighted by atomic mass is 10.1.